The third-order valence-electron chi connectivity index (χ3n) is 2.80. The molecule has 0 aliphatic carbocycles. The summed E-state index contributed by atoms with van der Waals surface area (Å²) in [7, 11) is 0. The highest BCUT2D eigenvalue weighted by atomic mass is 16.1. The number of nitrogens with zero attached hydrogens (tertiary/aromatic N) is 2. The quantitative estimate of drug-likeness (QED) is 0.608. The fourth-order valence-corrected chi connectivity index (χ4v) is 1.98. The van der Waals surface area contributed by atoms with Crippen LogP contribution in [0.3, 0.4) is 0 Å². The molecule has 0 atom stereocenters. The average molecular weight is 238 g/mol. The minimum atomic E-state index is 0.521. The number of aliphatic imine (C=N–C) groups is 2. The molecule has 0 unspecified atom stereocenters. The first-order valence-electron chi connectivity index (χ1n) is 5.52. The van der Waals surface area contributed by atoms with Crippen molar-refractivity contribution in [3.8, 4) is 0 Å². The van der Waals surface area contributed by atoms with Crippen molar-refractivity contribution in [3.05, 3.63) is 35.9 Å². The van der Waals surface area contributed by atoms with Crippen LogP contribution in [-0.4, -0.2) is 12.2 Å². The number of fused-ring (bicyclic) bond motifs is 1. The molecular weight excluding hydrogens is 228 g/mol. The third kappa shape index (κ3) is 1.98. The largest absolute Gasteiger partial charge is 0.240 e. The van der Waals surface area contributed by atoms with Gasteiger partial charge in [-0.15, -0.1) is 0 Å². The summed E-state index contributed by atoms with van der Waals surface area (Å²) < 4.78 is 0. The van der Waals surface area contributed by atoms with Crippen LogP contribution in [0.2, 0.25) is 0 Å². The van der Waals surface area contributed by atoms with E-state index in [0.29, 0.717) is 11.4 Å². The van der Waals surface area contributed by atoms with E-state index in [1.165, 1.54) is 6.08 Å². The molecule has 0 aliphatic heterocycles. The summed E-state index contributed by atoms with van der Waals surface area (Å²) in [6, 6.07) is 9.07. The van der Waals surface area contributed by atoms with Gasteiger partial charge in [0.25, 0.3) is 0 Å². The smallest absolute Gasteiger partial charge is 0.211 e. The molecule has 0 amide bonds. The molecule has 0 spiro atoms. The lowest BCUT2D eigenvalue weighted by Gasteiger charge is -2.07. The molecule has 0 radical (unpaired) electrons. The van der Waals surface area contributed by atoms with Gasteiger partial charge in [-0.25, -0.2) is 9.59 Å². The highest BCUT2D eigenvalue weighted by molar-refractivity contribution is 6.01. The average Bonchev–Trinajstić information content (AvgIpc) is 2.40. The van der Waals surface area contributed by atoms with Gasteiger partial charge in [0.1, 0.15) is 0 Å². The molecule has 88 valence electrons. The Morgan fingerprint density at radius 1 is 1.00 bits per heavy atom. The second-order valence-electron chi connectivity index (χ2n) is 3.71. The van der Waals surface area contributed by atoms with Gasteiger partial charge in [-0.2, -0.15) is 9.98 Å². The maximum Gasteiger partial charge on any atom is 0.240 e. The van der Waals surface area contributed by atoms with Gasteiger partial charge in [-0.1, -0.05) is 31.2 Å². The van der Waals surface area contributed by atoms with E-state index in [0.717, 1.165) is 22.8 Å². The number of rotatable bonds is 3. The second kappa shape index (κ2) is 5.19. The predicted octanol–water partition coefficient (Wildman–Crippen LogP) is 3.34. The molecule has 0 saturated heterocycles. The van der Waals surface area contributed by atoms with E-state index >= 15 is 0 Å². The lowest BCUT2D eigenvalue weighted by Crippen LogP contribution is -1.84. The van der Waals surface area contributed by atoms with Gasteiger partial charge < -0.3 is 0 Å². The molecule has 0 bridgehead atoms. The van der Waals surface area contributed by atoms with Crippen molar-refractivity contribution in [3.63, 3.8) is 0 Å². The molecule has 0 aliphatic rings. The molecule has 4 heteroatoms. The molecule has 2 aromatic rings. The van der Waals surface area contributed by atoms with E-state index in [1.54, 1.807) is 18.2 Å². The molecule has 0 fully saturated rings. The Bertz CT molecular complexity index is 694. The van der Waals surface area contributed by atoms with E-state index in [4.69, 9.17) is 0 Å². The van der Waals surface area contributed by atoms with E-state index < -0.39 is 0 Å². The summed E-state index contributed by atoms with van der Waals surface area (Å²) in [5.41, 5.74) is 2.07. The number of hydrogen-bond donors (Lipinski definition) is 0. The number of benzene rings is 2. The maximum absolute atomic E-state index is 10.5. The van der Waals surface area contributed by atoms with Crippen LogP contribution < -0.4 is 0 Å². The van der Waals surface area contributed by atoms with Gasteiger partial charge in [-0.05, 0) is 18.1 Å². The predicted molar refractivity (Wildman–Crippen MR) is 68.9 cm³/mol. The summed E-state index contributed by atoms with van der Waals surface area (Å²) in [4.78, 5) is 28.3. The molecule has 0 saturated carbocycles. The van der Waals surface area contributed by atoms with Crippen molar-refractivity contribution in [1.29, 1.82) is 0 Å². The summed E-state index contributed by atoms with van der Waals surface area (Å²) in [6.45, 7) is 1.98. The van der Waals surface area contributed by atoms with Crippen molar-refractivity contribution in [2.45, 2.75) is 13.3 Å². The van der Waals surface area contributed by atoms with Crippen LogP contribution in [0.1, 0.15) is 12.5 Å². The van der Waals surface area contributed by atoms with Gasteiger partial charge in [-0.3, -0.25) is 0 Å². The zero-order valence-corrected chi connectivity index (χ0v) is 9.80. The SMILES string of the molecule is CCc1ccc2c(N=C=O)cccc2c1N=C=O. The molecule has 0 heterocycles. The molecule has 0 aromatic heterocycles. The monoisotopic (exact) mass is 238 g/mol. The fraction of sp³-hybridized carbons (Fsp3) is 0.143. The van der Waals surface area contributed by atoms with Gasteiger partial charge in [0.2, 0.25) is 12.2 Å². The third-order valence-corrected chi connectivity index (χ3v) is 2.80. The van der Waals surface area contributed by atoms with Gasteiger partial charge in [0.15, 0.2) is 0 Å². The molecule has 0 N–H and O–H groups in total. The zero-order valence-electron chi connectivity index (χ0n) is 9.80. The standard InChI is InChI=1S/C14H10N2O2/c1-2-10-6-7-11-12(14(10)16-9-18)4-3-5-13(11)15-8-17/h3-7H,2H2,1H3. The minimum absolute atomic E-state index is 0.521. The van der Waals surface area contributed by atoms with Crippen LogP contribution in [0.5, 0.6) is 0 Å². The van der Waals surface area contributed by atoms with E-state index in [-0.39, 0.29) is 0 Å². The van der Waals surface area contributed by atoms with Crippen LogP contribution >= 0.6 is 0 Å². The number of isocyanates is 2. The highest BCUT2D eigenvalue weighted by Gasteiger charge is 2.08. The fourth-order valence-electron chi connectivity index (χ4n) is 1.98. The van der Waals surface area contributed by atoms with Crippen LogP contribution in [-0.2, 0) is 16.0 Å². The number of carbonyl (C=O) groups excluding carboxylic acids is 2. The molecule has 18 heavy (non-hydrogen) atoms. The molecule has 2 aromatic carbocycles. The Morgan fingerprint density at radius 3 is 2.44 bits per heavy atom. The first-order chi connectivity index (χ1) is 8.81. The Balaban J connectivity index is 2.89. The maximum atomic E-state index is 10.5. The highest BCUT2D eigenvalue weighted by Crippen LogP contribution is 2.35. The van der Waals surface area contributed by atoms with E-state index in [9.17, 15) is 9.59 Å². The number of hydrogen-bond acceptors (Lipinski definition) is 4. The van der Waals surface area contributed by atoms with E-state index in [1.807, 2.05) is 25.1 Å². The lowest BCUT2D eigenvalue weighted by molar-refractivity contribution is 0.564. The van der Waals surface area contributed by atoms with Crippen molar-refractivity contribution in [2.24, 2.45) is 9.98 Å². The Kier molecular flexibility index (Phi) is 3.44. The first kappa shape index (κ1) is 11.9. The van der Waals surface area contributed by atoms with Crippen LogP contribution in [0.25, 0.3) is 10.8 Å². The van der Waals surface area contributed by atoms with Crippen LogP contribution in [0.4, 0.5) is 11.4 Å². The minimum Gasteiger partial charge on any atom is -0.211 e. The van der Waals surface area contributed by atoms with Crippen molar-refractivity contribution >= 4 is 34.3 Å². The Morgan fingerprint density at radius 2 is 1.78 bits per heavy atom. The first-order valence-corrected chi connectivity index (χ1v) is 5.52. The molecular formula is C14H10N2O2. The van der Waals surface area contributed by atoms with Crippen LogP contribution in [0.15, 0.2) is 40.3 Å². The molecule has 4 nitrogen and oxygen atoms in total. The lowest BCUT2D eigenvalue weighted by atomic mass is 10.0. The second-order valence-corrected chi connectivity index (χ2v) is 3.71. The normalized spacial score (nSPS) is 9.61. The summed E-state index contributed by atoms with van der Waals surface area (Å²) >= 11 is 0. The Hall–Kier alpha value is -2.54. The molecule has 2 rings (SSSR count). The topological polar surface area (TPSA) is 58.9 Å². The van der Waals surface area contributed by atoms with Crippen molar-refractivity contribution in [1.82, 2.24) is 0 Å². The van der Waals surface area contributed by atoms with Crippen LogP contribution in [0, 0.1) is 0 Å². The number of aryl methyl sites for hydroxylation is 1. The van der Waals surface area contributed by atoms with Crippen molar-refractivity contribution in [2.75, 3.05) is 0 Å². The summed E-state index contributed by atoms with van der Waals surface area (Å²) in [5, 5.41) is 1.56. The summed E-state index contributed by atoms with van der Waals surface area (Å²) in [6.07, 6.45) is 3.85. The van der Waals surface area contributed by atoms with Gasteiger partial charge >= 0.3 is 0 Å². The zero-order chi connectivity index (χ0) is 13.0. The Labute approximate surface area is 104 Å². The summed E-state index contributed by atoms with van der Waals surface area (Å²) in [5.74, 6) is 0. The van der Waals surface area contributed by atoms with Gasteiger partial charge in [0.05, 0.1) is 11.4 Å². The van der Waals surface area contributed by atoms with Crippen molar-refractivity contribution < 1.29 is 9.59 Å². The van der Waals surface area contributed by atoms with E-state index in [2.05, 4.69) is 9.98 Å². The van der Waals surface area contributed by atoms with Gasteiger partial charge in [0, 0.05) is 10.8 Å².